The van der Waals surface area contributed by atoms with Crippen LogP contribution in [0.25, 0.3) is 34.7 Å². The molecule has 5 fully saturated rings. The average Bonchev–Trinajstić information content (AvgIpc) is 3.87. The number of imidazole rings is 2. The number of nitrogens with one attached hydrogen (secondary N) is 4. The predicted octanol–water partition coefficient (Wildman–Crippen LogP) is 6.49. The van der Waals surface area contributed by atoms with Crippen LogP contribution in [0.2, 0.25) is 0 Å². The van der Waals surface area contributed by atoms with Crippen LogP contribution in [0.4, 0.5) is 9.59 Å². The fraction of sp³-hybridized carbons (Fsp3) is 0.478. The number of hydrogen-bond donors (Lipinski definition) is 4. The molecule has 5 heterocycles. The van der Waals surface area contributed by atoms with Gasteiger partial charge in [-0.2, -0.15) is 0 Å². The molecular weight excluding hydrogens is 777 g/mol. The molecule has 4 N–H and O–H groups in total. The Morgan fingerprint density at radius 2 is 1.18 bits per heavy atom. The van der Waals surface area contributed by atoms with Crippen LogP contribution >= 0.6 is 0 Å². The molecule has 3 saturated heterocycles. The standard InChI is InChI=1S/C46H54N8O7/c1-25(2)39(51-45(57)59-3)43(55)53-35-19-31(35)21-37(53)41-47-23-33(49-41)28-11-7-26(8-12-28)5-6-27-9-13-29(14-10-27)34-24-48-42(50-34)38-22-32-20-36(32)54(38)44(56)40(52-46(58)60-4)30-15-17-61-18-16-30/h5-14,23-25,30-32,35-40H,15-22H2,1-4H3,(H,47,49)(H,48,50)(H,51,57)(H,52,58)/t31-,32-,35-,36-,37+,38+,39+,40+/m1/s1. The van der Waals surface area contributed by atoms with E-state index >= 15 is 0 Å². The monoisotopic (exact) mass is 830 g/mol. The first-order valence-electron chi connectivity index (χ1n) is 21.5. The van der Waals surface area contributed by atoms with Gasteiger partial charge in [-0.1, -0.05) is 74.5 Å². The smallest absolute Gasteiger partial charge is 0.407 e. The molecule has 0 bridgehead atoms. The van der Waals surface area contributed by atoms with Crippen molar-refractivity contribution in [3.63, 3.8) is 0 Å². The first-order valence-corrected chi connectivity index (χ1v) is 21.5. The molecule has 2 aromatic heterocycles. The zero-order valence-electron chi connectivity index (χ0n) is 35.0. The molecule has 320 valence electrons. The molecule has 2 aliphatic carbocycles. The zero-order valence-corrected chi connectivity index (χ0v) is 35.0. The van der Waals surface area contributed by atoms with Crippen molar-refractivity contribution in [2.45, 2.75) is 88.6 Å². The second kappa shape index (κ2) is 16.8. The van der Waals surface area contributed by atoms with Gasteiger partial charge in [0.15, 0.2) is 0 Å². The molecule has 5 aliphatic rings. The van der Waals surface area contributed by atoms with Crippen molar-refractivity contribution in [1.29, 1.82) is 0 Å². The summed E-state index contributed by atoms with van der Waals surface area (Å²) in [4.78, 5) is 72.7. The highest BCUT2D eigenvalue weighted by Gasteiger charge is 2.57. The number of ether oxygens (including phenoxy) is 3. The van der Waals surface area contributed by atoms with E-state index in [1.165, 1.54) is 14.2 Å². The third kappa shape index (κ3) is 8.27. The van der Waals surface area contributed by atoms with Gasteiger partial charge >= 0.3 is 12.2 Å². The van der Waals surface area contributed by atoms with E-state index in [1.54, 1.807) is 0 Å². The third-order valence-corrected chi connectivity index (χ3v) is 13.3. The number of likely N-dealkylation sites (tertiary alicyclic amines) is 2. The van der Waals surface area contributed by atoms with Crippen LogP contribution in [0.1, 0.15) is 87.2 Å². The Bertz CT molecular complexity index is 2280. The lowest BCUT2D eigenvalue weighted by atomic mass is 9.90. The lowest BCUT2D eigenvalue weighted by Crippen LogP contribution is -2.54. The summed E-state index contributed by atoms with van der Waals surface area (Å²) in [6.45, 7) is 4.98. The molecule has 15 nitrogen and oxygen atoms in total. The van der Waals surface area contributed by atoms with Crippen LogP contribution in [-0.2, 0) is 23.8 Å². The number of hydrogen-bond acceptors (Lipinski definition) is 9. The third-order valence-electron chi connectivity index (χ3n) is 13.3. The normalized spacial score (nSPS) is 25.2. The van der Waals surface area contributed by atoms with E-state index < -0.39 is 24.3 Å². The topological polar surface area (TPSA) is 184 Å². The zero-order chi connectivity index (χ0) is 42.4. The van der Waals surface area contributed by atoms with E-state index in [1.807, 2.05) is 36.0 Å². The number of piperidine rings is 2. The Labute approximate surface area is 355 Å². The summed E-state index contributed by atoms with van der Waals surface area (Å²) >= 11 is 0. The second-order valence-electron chi connectivity index (χ2n) is 17.5. The fourth-order valence-corrected chi connectivity index (χ4v) is 9.72. The molecule has 61 heavy (non-hydrogen) atoms. The summed E-state index contributed by atoms with van der Waals surface area (Å²) in [5.41, 5.74) is 5.84. The summed E-state index contributed by atoms with van der Waals surface area (Å²) in [7, 11) is 2.62. The van der Waals surface area contributed by atoms with Gasteiger partial charge in [-0.15, -0.1) is 0 Å². The molecule has 4 aromatic rings. The van der Waals surface area contributed by atoms with Crippen LogP contribution in [0, 0.1) is 23.7 Å². The molecule has 8 atom stereocenters. The van der Waals surface area contributed by atoms with Crippen LogP contribution < -0.4 is 10.6 Å². The van der Waals surface area contributed by atoms with E-state index in [2.05, 4.69) is 81.3 Å². The maximum absolute atomic E-state index is 14.2. The van der Waals surface area contributed by atoms with Gasteiger partial charge in [0.2, 0.25) is 11.8 Å². The summed E-state index contributed by atoms with van der Waals surface area (Å²) in [5, 5.41) is 5.58. The highest BCUT2D eigenvalue weighted by Crippen LogP contribution is 2.54. The van der Waals surface area contributed by atoms with Crippen molar-refractivity contribution in [1.82, 2.24) is 40.4 Å². The first kappa shape index (κ1) is 40.4. The van der Waals surface area contributed by atoms with Gasteiger partial charge in [-0.25, -0.2) is 19.6 Å². The number of benzene rings is 2. The number of fused-ring (bicyclic) bond motifs is 2. The molecule has 2 saturated carbocycles. The van der Waals surface area contributed by atoms with Crippen LogP contribution in [-0.4, -0.2) is 105 Å². The SMILES string of the molecule is COC(=O)N[C@H](C(=O)N1[C@@H]2C[C@@H]2C[C@H]1c1ncc(-c2ccc(C=Cc3ccc(-c4cnc([C@@H]5C[C@H]6C[C@H]6N5C(=O)[C@@H](NC(=O)OC)C5CCOCC5)[nH]4)cc3)cc2)[nH]1)C(C)C. The number of aromatic nitrogens is 4. The number of alkyl carbamates (subject to hydrolysis) is 2. The van der Waals surface area contributed by atoms with Crippen molar-refractivity contribution in [2.75, 3.05) is 27.4 Å². The average molecular weight is 831 g/mol. The Kier molecular flexibility index (Phi) is 11.2. The highest BCUT2D eigenvalue weighted by molar-refractivity contribution is 5.88. The number of methoxy groups -OCH3 is 2. The minimum atomic E-state index is -0.674. The molecule has 0 radical (unpaired) electrons. The van der Waals surface area contributed by atoms with Gasteiger partial charge in [-0.3, -0.25) is 9.59 Å². The van der Waals surface area contributed by atoms with E-state index in [0.29, 0.717) is 37.9 Å². The number of carbonyl (C=O) groups is 4. The maximum atomic E-state index is 14.2. The summed E-state index contributed by atoms with van der Waals surface area (Å²) in [6.07, 6.45) is 11.6. The Morgan fingerprint density at radius 3 is 1.66 bits per heavy atom. The van der Waals surface area contributed by atoms with Gasteiger partial charge in [0.1, 0.15) is 23.7 Å². The van der Waals surface area contributed by atoms with Gasteiger partial charge in [0, 0.05) is 25.3 Å². The van der Waals surface area contributed by atoms with E-state index in [4.69, 9.17) is 24.2 Å². The van der Waals surface area contributed by atoms with Gasteiger partial charge in [0.05, 0.1) is 50.1 Å². The number of nitrogens with zero attached hydrogens (tertiary/aromatic N) is 4. The van der Waals surface area contributed by atoms with Crippen molar-refractivity contribution in [3.8, 4) is 22.5 Å². The van der Waals surface area contributed by atoms with Crippen LogP contribution in [0.3, 0.4) is 0 Å². The Balaban J connectivity index is 0.829. The Morgan fingerprint density at radius 1 is 0.705 bits per heavy atom. The molecule has 0 spiro atoms. The quantitative estimate of drug-likeness (QED) is 0.116. The number of amides is 4. The molecule has 2 aromatic carbocycles. The van der Waals surface area contributed by atoms with E-state index in [-0.39, 0.29) is 47.8 Å². The number of carbonyl (C=O) groups excluding carboxylic acids is 4. The van der Waals surface area contributed by atoms with Crippen molar-refractivity contribution in [3.05, 3.63) is 83.7 Å². The minimum absolute atomic E-state index is 0.0164. The Hall–Kier alpha value is -5.96. The summed E-state index contributed by atoms with van der Waals surface area (Å²) < 4.78 is 15.2. The van der Waals surface area contributed by atoms with Crippen LogP contribution in [0.5, 0.6) is 0 Å². The molecule has 0 unspecified atom stereocenters. The number of H-pyrrole nitrogens is 2. The molecule has 3 aliphatic heterocycles. The van der Waals surface area contributed by atoms with Crippen molar-refractivity contribution < 1.29 is 33.4 Å². The lowest BCUT2D eigenvalue weighted by molar-refractivity contribution is -0.138. The lowest BCUT2D eigenvalue weighted by Gasteiger charge is -2.35. The molecular formula is C46H54N8O7. The van der Waals surface area contributed by atoms with Crippen molar-refractivity contribution >= 4 is 36.2 Å². The largest absolute Gasteiger partial charge is 0.453 e. The van der Waals surface area contributed by atoms with Gasteiger partial charge in [0.25, 0.3) is 0 Å². The summed E-state index contributed by atoms with van der Waals surface area (Å²) in [6, 6.07) is 15.1. The highest BCUT2D eigenvalue weighted by atomic mass is 16.5. The number of rotatable bonds is 12. The van der Waals surface area contributed by atoms with Crippen LogP contribution in [0.15, 0.2) is 60.9 Å². The molecule has 15 heteroatoms. The first-order chi connectivity index (χ1) is 29.6. The number of aromatic amines is 2. The minimum Gasteiger partial charge on any atom is -0.453 e. The van der Waals surface area contributed by atoms with E-state index in [9.17, 15) is 19.2 Å². The van der Waals surface area contributed by atoms with Gasteiger partial charge < -0.3 is 44.6 Å². The molecule has 9 rings (SSSR count). The van der Waals surface area contributed by atoms with Gasteiger partial charge in [-0.05, 0) is 84.5 Å². The summed E-state index contributed by atoms with van der Waals surface area (Å²) in [5.74, 6) is 2.12. The predicted molar refractivity (Wildman–Crippen MR) is 226 cm³/mol. The van der Waals surface area contributed by atoms with E-state index in [0.717, 1.165) is 71.0 Å². The van der Waals surface area contributed by atoms with Crippen molar-refractivity contribution in [2.24, 2.45) is 23.7 Å². The maximum Gasteiger partial charge on any atom is 0.407 e. The molecule has 4 amide bonds. The second-order valence-corrected chi connectivity index (χ2v) is 17.5. The fourth-order valence-electron chi connectivity index (χ4n) is 9.72.